The van der Waals surface area contributed by atoms with Crippen molar-refractivity contribution in [1.82, 2.24) is 4.98 Å². The van der Waals surface area contributed by atoms with Crippen LogP contribution < -0.4 is 4.74 Å². The number of benzene rings is 3. The van der Waals surface area contributed by atoms with Crippen molar-refractivity contribution in [2.45, 2.75) is 0 Å². The van der Waals surface area contributed by atoms with Crippen LogP contribution in [0.4, 0.5) is 0 Å². The normalized spacial score (nSPS) is 11.5. The topological polar surface area (TPSA) is 35.3 Å². The van der Waals surface area contributed by atoms with Gasteiger partial charge in [0, 0.05) is 16.3 Å². The first kappa shape index (κ1) is 17.3. The first-order valence-electron chi connectivity index (χ1n) is 9.52. The van der Waals surface area contributed by atoms with Crippen LogP contribution in [0.1, 0.15) is 11.3 Å². The molecule has 0 amide bonds. The Labute approximate surface area is 168 Å². The van der Waals surface area contributed by atoms with E-state index in [9.17, 15) is 0 Å². The Morgan fingerprint density at radius 1 is 0.793 bits per heavy atom. The molecule has 3 nitrogen and oxygen atoms in total. The maximum atomic E-state index is 6.30. The highest BCUT2D eigenvalue weighted by molar-refractivity contribution is 6.07. The van der Waals surface area contributed by atoms with Gasteiger partial charge in [-0.2, -0.15) is 0 Å². The van der Waals surface area contributed by atoms with Gasteiger partial charge >= 0.3 is 0 Å². The highest BCUT2D eigenvalue weighted by Gasteiger charge is 2.13. The van der Waals surface area contributed by atoms with Gasteiger partial charge in [-0.05, 0) is 42.0 Å². The van der Waals surface area contributed by atoms with Gasteiger partial charge in [0.1, 0.15) is 17.1 Å². The second-order valence-corrected chi connectivity index (χ2v) is 6.84. The molecular weight excluding hydrogens is 358 g/mol. The number of methoxy groups -OCH3 is 1. The van der Waals surface area contributed by atoms with Gasteiger partial charge in [-0.3, -0.25) is 0 Å². The van der Waals surface area contributed by atoms with E-state index in [-0.39, 0.29) is 0 Å². The maximum absolute atomic E-state index is 6.30. The highest BCUT2D eigenvalue weighted by Crippen LogP contribution is 2.34. The van der Waals surface area contributed by atoms with Crippen molar-refractivity contribution >= 4 is 34.0 Å². The molecule has 0 bridgehead atoms. The monoisotopic (exact) mass is 377 g/mol. The van der Waals surface area contributed by atoms with Crippen LogP contribution in [0.15, 0.2) is 89.3 Å². The molecule has 3 heteroatoms. The fraction of sp³-hybridized carbons (Fsp3) is 0.0385. The zero-order valence-corrected chi connectivity index (χ0v) is 16.0. The number of pyridine rings is 1. The van der Waals surface area contributed by atoms with Gasteiger partial charge in [0.2, 0.25) is 0 Å². The van der Waals surface area contributed by atoms with E-state index < -0.39 is 0 Å². The van der Waals surface area contributed by atoms with Crippen LogP contribution >= 0.6 is 0 Å². The maximum Gasteiger partial charge on any atom is 0.146 e. The molecule has 0 N–H and O–H groups in total. The predicted octanol–water partition coefficient (Wildman–Crippen LogP) is 6.83. The number of para-hydroxylation sites is 1. The summed E-state index contributed by atoms with van der Waals surface area (Å²) in [5.41, 5.74) is 4.81. The number of fused-ring (bicyclic) bond motifs is 3. The zero-order valence-electron chi connectivity index (χ0n) is 16.0. The van der Waals surface area contributed by atoms with Crippen LogP contribution in [0.5, 0.6) is 5.75 Å². The minimum atomic E-state index is 0.843. The highest BCUT2D eigenvalue weighted by atomic mass is 16.5. The van der Waals surface area contributed by atoms with E-state index >= 15 is 0 Å². The summed E-state index contributed by atoms with van der Waals surface area (Å²) >= 11 is 0. The molecule has 5 aromatic rings. The summed E-state index contributed by atoms with van der Waals surface area (Å²) < 4.78 is 11.5. The Kier molecular flexibility index (Phi) is 4.34. The van der Waals surface area contributed by atoms with Gasteiger partial charge in [-0.25, -0.2) is 4.98 Å². The lowest BCUT2D eigenvalue weighted by Gasteiger charge is -2.02. The molecule has 2 heterocycles. The van der Waals surface area contributed by atoms with E-state index in [0.29, 0.717) is 0 Å². The molecule has 0 saturated carbocycles. The summed E-state index contributed by atoms with van der Waals surface area (Å²) in [4.78, 5) is 4.89. The van der Waals surface area contributed by atoms with Crippen LogP contribution in [0, 0.1) is 0 Å². The second kappa shape index (κ2) is 7.28. The van der Waals surface area contributed by atoms with Crippen LogP contribution in [0.25, 0.3) is 45.3 Å². The van der Waals surface area contributed by atoms with Gasteiger partial charge < -0.3 is 9.15 Å². The van der Waals surface area contributed by atoms with E-state index in [4.69, 9.17) is 14.1 Å². The first-order chi connectivity index (χ1) is 14.3. The van der Waals surface area contributed by atoms with Gasteiger partial charge in [-0.1, -0.05) is 60.7 Å². The summed E-state index contributed by atoms with van der Waals surface area (Å²) in [5, 5.41) is 2.03. The standard InChI is InChI=1S/C26H19NO2/c1-28-20-14-11-18(12-15-20)13-16-24-22-17-25(19-7-3-2-4-8-19)29-26(22)21-9-5-6-10-23(21)27-24/h2-17H,1H3/b16-13+. The number of nitrogens with zero attached hydrogens (tertiary/aromatic N) is 1. The molecule has 2 aromatic heterocycles. The number of aromatic nitrogens is 1. The SMILES string of the molecule is COc1ccc(/C=C/c2nc3ccccc3c3oc(-c4ccccc4)cc23)cc1. The van der Waals surface area contributed by atoms with E-state index in [2.05, 4.69) is 30.3 Å². The van der Waals surface area contributed by atoms with E-state index in [0.717, 1.165) is 50.2 Å². The third kappa shape index (κ3) is 3.27. The molecule has 0 unspecified atom stereocenters. The Morgan fingerprint density at radius 3 is 2.34 bits per heavy atom. The van der Waals surface area contributed by atoms with Crippen molar-refractivity contribution in [1.29, 1.82) is 0 Å². The summed E-state index contributed by atoms with van der Waals surface area (Å²) in [7, 11) is 1.67. The number of hydrogen-bond donors (Lipinski definition) is 0. The lowest BCUT2D eigenvalue weighted by Crippen LogP contribution is -1.85. The Hall–Kier alpha value is -3.85. The summed E-state index contributed by atoms with van der Waals surface area (Å²) in [6.45, 7) is 0. The minimum absolute atomic E-state index is 0.843. The Bertz CT molecular complexity index is 1320. The lowest BCUT2D eigenvalue weighted by atomic mass is 10.1. The molecule has 140 valence electrons. The van der Waals surface area contributed by atoms with Crippen LogP contribution in [-0.2, 0) is 0 Å². The summed E-state index contributed by atoms with van der Waals surface area (Å²) in [5.74, 6) is 1.69. The molecule has 0 aliphatic carbocycles. The largest absolute Gasteiger partial charge is 0.497 e. The Balaban J connectivity index is 1.66. The average molecular weight is 377 g/mol. The fourth-order valence-electron chi connectivity index (χ4n) is 3.50. The van der Waals surface area contributed by atoms with Gasteiger partial charge in [0.15, 0.2) is 0 Å². The van der Waals surface area contributed by atoms with Crippen molar-refractivity contribution < 1.29 is 9.15 Å². The molecule has 0 atom stereocenters. The second-order valence-electron chi connectivity index (χ2n) is 6.84. The Morgan fingerprint density at radius 2 is 1.55 bits per heavy atom. The lowest BCUT2D eigenvalue weighted by molar-refractivity contribution is 0.415. The van der Waals surface area contributed by atoms with Crippen molar-refractivity contribution in [2.75, 3.05) is 7.11 Å². The zero-order chi connectivity index (χ0) is 19.6. The molecular formula is C26H19NO2. The van der Waals surface area contributed by atoms with Gasteiger partial charge in [-0.15, -0.1) is 0 Å². The molecule has 0 aliphatic rings. The van der Waals surface area contributed by atoms with Crippen LogP contribution in [-0.4, -0.2) is 12.1 Å². The molecule has 5 rings (SSSR count). The van der Waals surface area contributed by atoms with Crippen molar-refractivity contribution in [3.8, 4) is 17.1 Å². The summed E-state index contributed by atoms with van der Waals surface area (Å²) in [6, 6.07) is 28.3. The molecule has 3 aromatic carbocycles. The third-order valence-electron chi connectivity index (χ3n) is 5.01. The van der Waals surface area contributed by atoms with Crippen molar-refractivity contribution in [2.24, 2.45) is 0 Å². The average Bonchev–Trinajstić information content (AvgIpc) is 3.24. The third-order valence-corrected chi connectivity index (χ3v) is 5.01. The molecule has 0 radical (unpaired) electrons. The smallest absolute Gasteiger partial charge is 0.146 e. The fourth-order valence-corrected chi connectivity index (χ4v) is 3.50. The molecule has 29 heavy (non-hydrogen) atoms. The van der Waals surface area contributed by atoms with Crippen molar-refractivity contribution in [3.63, 3.8) is 0 Å². The van der Waals surface area contributed by atoms with Gasteiger partial charge in [0.25, 0.3) is 0 Å². The molecule has 0 spiro atoms. The predicted molar refractivity (Wildman–Crippen MR) is 119 cm³/mol. The van der Waals surface area contributed by atoms with E-state index in [1.54, 1.807) is 7.11 Å². The molecule has 0 aliphatic heterocycles. The van der Waals surface area contributed by atoms with E-state index in [1.165, 1.54) is 0 Å². The quantitative estimate of drug-likeness (QED) is 0.344. The number of hydrogen-bond acceptors (Lipinski definition) is 3. The molecule has 0 saturated heterocycles. The summed E-state index contributed by atoms with van der Waals surface area (Å²) in [6.07, 6.45) is 4.10. The van der Waals surface area contributed by atoms with Crippen molar-refractivity contribution in [3.05, 3.63) is 96.2 Å². The van der Waals surface area contributed by atoms with E-state index in [1.807, 2.05) is 66.7 Å². The van der Waals surface area contributed by atoms with Gasteiger partial charge in [0.05, 0.1) is 18.3 Å². The van der Waals surface area contributed by atoms with Crippen LogP contribution in [0.3, 0.4) is 0 Å². The first-order valence-corrected chi connectivity index (χ1v) is 9.52. The minimum Gasteiger partial charge on any atom is -0.497 e. The number of rotatable bonds is 4. The van der Waals surface area contributed by atoms with Crippen LogP contribution in [0.2, 0.25) is 0 Å². The molecule has 0 fully saturated rings. The number of ether oxygens (including phenoxy) is 1. The number of furan rings is 1.